The molecule has 72 valence electrons. The van der Waals surface area contributed by atoms with Crippen molar-refractivity contribution >= 4 is 39.1 Å². The van der Waals surface area contributed by atoms with Crippen LogP contribution < -0.4 is 0 Å². The molecule has 2 nitrogen and oxygen atoms in total. The lowest BCUT2D eigenvalue weighted by molar-refractivity contribution is 1.03. The van der Waals surface area contributed by atoms with Crippen molar-refractivity contribution in [3.05, 3.63) is 44.6 Å². The Labute approximate surface area is 99.2 Å². The van der Waals surface area contributed by atoms with E-state index in [0.717, 1.165) is 10.3 Å². The van der Waals surface area contributed by atoms with Gasteiger partial charge < -0.3 is 0 Å². The molecule has 2 rings (SSSR count). The van der Waals surface area contributed by atoms with E-state index in [1.165, 1.54) is 17.1 Å². The van der Waals surface area contributed by atoms with Gasteiger partial charge in [0.2, 0.25) is 4.47 Å². The predicted molar refractivity (Wildman–Crippen MR) is 61.9 cm³/mol. The average molecular weight is 290 g/mol. The molecule has 1 heterocycles. The summed E-state index contributed by atoms with van der Waals surface area (Å²) in [5, 5.41) is 0. The number of aromatic nitrogens is 2. The summed E-state index contributed by atoms with van der Waals surface area (Å²) in [5.41, 5.74) is 1.17. The van der Waals surface area contributed by atoms with Crippen molar-refractivity contribution in [3.63, 3.8) is 0 Å². The second-order valence-corrected chi connectivity index (χ2v) is 4.92. The number of hydrogen-bond acceptors (Lipinski definition) is 3. The fourth-order valence-electron chi connectivity index (χ4n) is 1.12. The Morgan fingerprint density at radius 2 is 2.14 bits per heavy atom. The summed E-state index contributed by atoms with van der Waals surface area (Å²) >= 11 is 10.4. The first-order valence-electron chi connectivity index (χ1n) is 3.97. The molecule has 14 heavy (non-hydrogen) atoms. The van der Waals surface area contributed by atoms with Crippen molar-refractivity contribution in [2.75, 3.05) is 0 Å². The maximum absolute atomic E-state index is 5.70. The van der Waals surface area contributed by atoms with Crippen molar-refractivity contribution < 1.29 is 0 Å². The summed E-state index contributed by atoms with van der Waals surface area (Å²) in [6.45, 7) is 0. The largest absolute Gasteiger partial charge is 0.208 e. The van der Waals surface area contributed by atoms with Crippen LogP contribution in [-0.2, 0) is 6.42 Å². The molecule has 0 radical (unpaired) electrons. The first kappa shape index (κ1) is 10.1. The third-order valence-electron chi connectivity index (χ3n) is 1.75. The highest BCUT2D eigenvalue weighted by atomic mass is 79.9. The van der Waals surface area contributed by atoms with Crippen LogP contribution in [0.4, 0.5) is 0 Å². The van der Waals surface area contributed by atoms with Gasteiger partial charge in [0.25, 0.3) is 0 Å². The smallest absolute Gasteiger partial charge is 0.203 e. The van der Waals surface area contributed by atoms with Gasteiger partial charge >= 0.3 is 0 Å². The summed E-state index contributed by atoms with van der Waals surface area (Å²) in [6.07, 6.45) is 0.713. The van der Waals surface area contributed by atoms with Crippen LogP contribution in [0.1, 0.15) is 11.4 Å². The fourth-order valence-corrected chi connectivity index (χ4v) is 2.17. The predicted octanol–water partition coefficient (Wildman–Crippen LogP) is 3.54. The number of nitrogens with zero attached hydrogens (tertiary/aromatic N) is 2. The highest BCUT2D eigenvalue weighted by Crippen LogP contribution is 2.20. The van der Waals surface area contributed by atoms with Crippen molar-refractivity contribution in [2.24, 2.45) is 0 Å². The molecule has 0 aliphatic heterocycles. The summed E-state index contributed by atoms with van der Waals surface area (Å²) in [7, 11) is 0. The van der Waals surface area contributed by atoms with E-state index < -0.39 is 0 Å². The molecule has 0 aliphatic rings. The van der Waals surface area contributed by atoms with Crippen molar-refractivity contribution in [1.82, 2.24) is 9.36 Å². The van der Waals surface area contributed by atoms with Crippen LogP contribution in [0.15, 0.2) is 28.7 Å². The maximum atomic E-state index is 5.70. The van der Waals surface area contributed by atoms with E-state index in [-0.39, 0.29) is 0 Å². The minimum absolute atomic E-state index is 0.493. The Bertz CT molecular complexity index is 444. The van der Waals surface area contributed by atoms with E-state index in [1.807, 2.05) is 24.3 Å². The molecule has 0 N–H and O–H groups in total. The molecule has 1 aromatic carbocycles. The van der Waals surface area contributed by atoms with Crippen LogP contribution in [0.5, 0.6) is 0 Å². The highest BCUT2D eigenvalue weighted by Gasteiger charge is 2.05. The van der Waals surface area contributed by atoms with Gasteiger partial charge in [-0.1, -0.05) is 34.1 Å². The number of rotatable bonds is 2. The lowest BCUT2D eigenvalue weighted by Crippen LogP contribution is -1.91. The van der Waals surface area contributed by atoms with E-state index >= 15 is 0 Å². The molecular weight excluding hydrogens is 284 g/mol. The number of benzene rings is 1. The summed E-state index contributed by atoms with van der Waals surface area (Å²) < 4.78 is 5.70. The molecule has 0 fully saturated rings. The molecule has 2 aromatic rings. The van der Waals surface area contributed by atoms with Gasteiger partial charge in [-0.15, -0.1) is 0 Å². The Hall–Kier alpha value is -0.450. The van der Waals surface area contributed by atoms with Crippen molar-refractivity contribution in [1.29, 1.82) is 0 Å². The molecule has 5 heteroatoms. The zero-order valence-electron chi connectivity index (χ0n) is 7.08. The average Bonchev–Trinajstić information content (AvgIpc) is 2.56. The Kier molecular flexibility index (Phi) is 3.15. The maximum Gasteiger partial charge on any atom is 0.203 e. The molecule has 0 saturated carbocycles. The minimum atomic E-state index is 0.493. The number of hydrogen-bond donors (Lipinski definition) is 0. The first-order chi connectivity index (χ1) is 6.75. The second kappa shape index (κ2) is 4.38. The van der Waals surface area contributed by atoms with Crippen molar-refractivity contribution in [3.8, 4) is 0 Å². The lowest BCUT2D eigenvalue weighted by atomic mass is 10.1. The van der Waals surface area contributed by atoms with Crippen LogP contribution in [0.25, 0.3) is 0 Å². The second-order valence-electron chi connectivity index (χ2n) is 2.73. The van der Waals surface area contributed by atoms with E-state index in [4.69, 9.17) is 11.6 Å². The van der Waals surface area contributed by atoms with Gasteiger partial charge in [-0.25, -0.2) is 4.98 Å². The van der Waals surface area contributed by atoms with Gasteiger partial charge in [0, 0.05) is 10.9 Å². The van der Waals surface area contributed by atoms with Gasteiger partial charge in [0.05, 0.1) is 0 Å². The molecular formula is C9H6BrClN2S. The Morgan fingerprint density at radius 1 is 1.36 bits per heavy atom. The lowest BCUT2D eigenvalue weighted by Gasteiger charge is -1.99. The molecule has 0 amide bonds. The zero-order valence-corrected chi connectivity index (χ0v) is 10.2. The summed E-state index contributed by atoms with van der Waals surface area (Å²) in [4.78, 5) is 4.10. The summed E-state index contributed by atoms with van der Waals surface area (Å²) in [6, 6.07) is 8.02. The van der Waals surface area contributed by atoms with Crippen LogP contribution in [-0.4, -0.2) is 9.36 Å². The van der Waals surface area contributed by atoms with E-state index in [2.05, 4.69) is 25.3 Å². The Balaban J connectivity index is 2.23. The zero-order chi connectivity index (χ0) is 9.97. The van der Waals surface area contributed by atoms with E-state index in [9.17, 15) is 0 Å². The quantitative estimate of drug-likeness (QED) is 0.845. The van der Waals surface area contributed by atoms with E-state index in [1.54, 1.807) is 0 Å². The van der Waals surface area contributed by atoms with Gasteiger partial charge in [-0.2, -0.15) is 4.37 Å². The van der Waals surface area contributed by atoms with Gasteiger partial charge in [0.1, 0.15) is 5.82 Å². The third-order valence-corrected chi connectivity index (χ3v) is 3.36. The van der Waals surface area contributed by atoms with Gasteiger partial charge in [-0.05, 0) is 34.8 Å². The standard InChI is InChI=1S/C9H6BrClN2S/c10-7-4-2-1-3-6(7)5-8-12-9(11)14-13-8/h1-4H,5H2. The Morgan fingerprint density at radius 3 is 2.79 bits per heavy atom. The molecule has 0 bridgehead atoms. The van der Waals surface area contributed by atoms with Crippen LogP contribution in [0.2, 0.25) is 4.47 Å². The SMILES string of the molecule is Clc1nc(Cc2ccccc2Br)ns1. The molecule has 0 atom stereocenters. The normalized spacial score (nSPS) is 10.4. The first-order valence-corrected chi connectivity index (χ1v) is 5.91. The van der Waals surface area contributed by atoms with Gasteiger partial charge in [0.15, 0.2) is 0 Å². The molecule has 0 saturated heterocycles. The van der Waals surface area contributed by atoms with Crippen LogP contribution >= 0.6 is 39.1 Å². The molecule has 0 spiro atoms. The third kappa shape index (κ3) is 2.32. The fraction of sp³-hybridized carbons (Fsp3) is 0.111. The highest BCUT2D eigenvalue weighted by molar-refractivity contribution is 9.10. The number of halogens is 2. The molecule has 0 aliphatic carbocycles. The summed E-state index contributed by atoms with van der Waals surface area (Å²) in [5.74, 6) is 0.770. The molecule has 0 unspecified atom stereocenters. The van der Waals surface area contributed by atoms with Crippen molar-refractivity contribution in [2.45, 2.75) is 6.42 Å². The minimum Gasteiger partial charge on any atom is -0.208 e. The van der Waals surface area contributed by atoms with Gasteiger partial charge in [-0.3, -0.25) is 0 Å². The van der Waals surface area contributed by atoms with Crippen LogP contribution in [0.3, 0.4) is 0 Å². The van der Waals surface area contributed by atoms with E-state index in [0.29, 0.717) is 10.9 Å². The molecule has 1 aromatic heterocycles. The van der Waals surface area contributed by atoms with Crippen LogP contribution in [0, 0.1) is 0 Å². The topological polar surface area (TPSA) is 25.8 Å². The monoisotopic (exact) mass is 288 g/mol.